The summed E-state index contributed by atoms with van der Waals surface area (Å²) in [7, 11) is 0. The zero-order valence-corrected chi connectivity index (χ0v) is 7.14. The summed E-state index contributed by atoms with van der Waals surface area (Å²) in [5.74, 6) is 0. The van der Waals surface area contributed by atoms with Gasteiger partial charge in [-0.05, 0) is 0 Å². The molecular formula is C10H10N3. The van der Waals surface area contributed by atoms with E-state index < -0.39 is 0 Å². The highest BCUT2D eigenvalue weighted by Gasteiger charge is 2.12. The van der Waals surface area contributed by atoms with Crippen LogP contribution in [0.15, 0.2) is 47.2 Å². The van der Waals surface area contributed by atoms with Crippen LogP contribution in [0, 0.1) is 0 Å². The molecule has 0 spiro atoms. The van der Waals surface area contributed by atoms with Gasteiger partial charge in [0.15, 0.2) is 0 Å². The van der Waals surface area contributed by atoms with Gasteiger partial charge in [0.1, 0.15) is 0 Å². The lowest BCUT2D eigenvalue weighted by Gasteiger charge is -2.01. The highest BCUT2D eigenvalue weighted by atomic mass is 15.3. The first-order chi connectivity index (χ1) is 6.42. The minimum absolute atomic E-state index is 0.483. The molecule has 2 N–H and O–H groups in total. The van der Waals surface area contributed by atoms with E-state index in [2.05, 4.69) is 10.5 Å². The lowest BCUT2D eigenvalue weighted by atomic mass is 10.0. The van der Waals surface area contributed by atoms with E-state index >= 15 is 0 Å². The van der Waals surface area contributed by atoms with Gasteiger partial charge in [0.05, 0.1) is 11.9 Å². The molecule has 0 aromatic heterocycles. The first-order valence-corrected chi connectivity index (χ1v) is 4.14. The number of rotatable bonds is 2. The van der Waals surface area contributed by atoms with Crippen LogP contribution < -0.4 is 11.2 Å². The number of hydrogen-bond donors (Lipinski definition) is 1. The molecule has 65 valence electrons. The molecule has 0 unspecified atom stereocenters. The van der Waals surface area contributed by atoms with Crippen molar-refractivity contribution in [3.05, 3.63) is 47.7 Å². The molecule has 0 aliphatic carbocycles. The fourth-order valence-corrected chi connectivity index (χ4v) is 1.27. The summed E-state index contributed by atoms with van der Waals surface area (Å²) in [6.07, 6.45) is 1.71. The molecule has 0 atom stereocenters. The van der Waals surface area contributed by atoms with E-state index in [1.54, 1.807) is 6.20 Å². The van der Waals surface area contributed by atoms with Crippen LogP contribution in [0.3, 0.4) is 0 Å². The molecule has 0 bridgehead atoms. The topological polar surface area (TPSA) is 52.5 Å². The Kier molecular flexibility index (Phi) is 2.10. The fourth-order valence-electron chi connectivity index (χ4n) is 1.27. The van der Waals surface area contributed by atoms with E-state index in [0.717, 1.165) is 16.8 Å². The second-order valence-electron chi connectivity index (χ2n) is 2.79. The smallest absolute Gasteiger partial charge is 0.0989 e. The average molecular weight is 172 g/mol. The standard InChI is InChI=1S/C10H10N3/c11-6-9-7-12-13-10(9)8-4-2-1-3-5-8/h1-5,7H,6,11H2. The van der Waals surface area contributed by atoms with Crippen molar-refractivity contribution < 1.29 is 0 Å². The third-order valence-corrected chi connectivity index (χ3v) is 1.94. The van der Waals surface area contributed by atoms with Crippen LogP contribution in [0.4, 0.5) is 0 Å². The second kappa shape index (κ2) is 3.41. The Balaban J connectivity index is 2.33. The molecule has 2 rings (SSSR count). The number of hydrogen-bond acceptors (Lipinski definition) is 2. The van der Waals surface area contributed by atoms with E-state index in [1.807, 2.05) is 30.3 Å². The van der Waals surface area contributed by atoms with Gasteiger partial charge in [0.25, 0.3) is 0 Å². The van der Waals surface area contributed by atoms with Crippen molar-refractivity contribution in [3.63, 3.8) is 0 Å². The van der Waals surface area contributed by atoms with Crippen molar-refractivity contribution in [2.45, 2.75) is 0 Å². The molecule has 1 heterocycles. The first-order valence-electron chi connectivity index (χ1n) is 4.14. The second-order valence-corrected chi connectivity index (χ2v) is 2.79. The molecule has 13 heavy (non-hydrogen) atoms. The normalized spacial score (nSPS) is 14.8. The summed E-state index contributed by atoms with van der Waals surface area (Å²) >= 11 is 0. The highest BCUT2D eigenvalue weighted by molar-refractivity contribution is 6.13. The van der Waals surface area contributed by atoms with Crippen LogP contribution in [-0.2, 0) is 0 Å². The Morgan fingerprint density at radius 1 is 1.15 bits per heavy atom. The van der Waals surface area contributed by atoms with Crippen LogP contribution in [0.1, 0.15) is 5.56 Å². The number of benzene rings is 1. The largest absolute Gasteiger partial charge is 0.326 e. The van der Waals surface area contributed by atoms with Crippen molar-refractivity contribution in [2.75, 3.05) is 6.54 Å². The number of nitrogens with zero attached hydrogens (tertiary/aromatic N) is 2. The highest BCUT2D eigenvalue weighted by Crippen LogP contribution is 2.11. The van der Waals surface area contributed by atoms with Crippen LogP contribution in [0.5, 0.6) is 0 Å². The minimum Gasteiger partial charge on any atom is -0.326 e. The Bertz CT molecular complexity index is 352. The Morgan fingerprint density at radius 3 is 2.62 bits per heavy atom. The molecule has 0 saturated carbocycles. The zero-order valence-electron chi connectivity index (χ0n) is 7.14. The molecule has 3 nitrogen and oxygen atoms in total. The maximum absolute atomic E-state index is 5.55. The van der Waals surface area contributed by atoms with Gasteiger partial charge >= 0.3 is 0 Å². The SMILES string of the molecule is NCC1=C[N]N=C1c1ccccc1. The van der Waals surface area contributed by atoms with E-state index in [0.29, 0.717) is 6.54 Å². The summed E-state index contributed by atoms with van der Waals surface area (Å²) in [5.41, 5.74) is 12.3. The third kappa shape index (κ3) is 1.46. The average Bonchev–Trinajstić information content (AvgIpc) is 2.67. The Hall–Kier alpha value is -1.61. The van der Waals surface area contributed by atoms with Crippen molar-refractivity contribution in [3.8, 4) is 0 Å². The maximum Gasteiger partial charge on any atom is 0.0989 e. The molecule has 1 aliphatic heterocycles. The molecule has 0 amide bonds. The van der Waals surface area contributed by atoms with E-state index in [1.165, 1.54) is 0 Å². The van der Waals surface area contributed by atoms with Crippen LogP contribution in [-0.4, -0.2) is 12.3 Å². The molecule has 0 saturated heterocycles. The quantitative estimate of drug-likeness (QED) is 0.706. The van der Waals surface area contributed by atoms with Crippen LogP contribution >= 0.6 is 0 Å². The van der Waals surface area contributed by atoms with Crippen molar-refractivity contribution in [1.29, 1.82) is 0 Å². The van der Waals surface area contributed by atoms with E-state index in [4.69, 9.17) is 5.73 Å². The Labute approximate surface area is 77.0 Å². The third-order valence-electron chi connectivity index (χ3n) is 1.94. The molecule has 1 radical (unpaired) electrons. The summed E-state index contributed by atoms with van der Waals surface area (Å²) in [6, 6.07) is 9.93. The number of nitrogens with two attached hydrogens (primary N) is 1. The monoisotopic (exact) mass is 172 g/mol. The van der Waals surface area contributed by atoms with Gasteiger partial charge < -0.3 is 5.73 Å². The predicted molar refractivity (Wildman–Crippen MR) is 52.3 cm³/mol. The van der Waals surface area contributed by atoms with Gasteiger partial charge in [-0.2, -0.15) is 10.5 Å². The molecule has 1 aromatic carbocycles. The van der Waals surface area contributed by atoms with Crippen molar-refractivity contribution >= 4 is 5.71 Å². The molecular weight excluding hydrogens is 162 g/mol. The Morgan fingerprint density at radius 2 is 1.92 bits per heavy atom. The molecule has 0 fully saturated rings. The van der Waals surface area contributed by atoms with Crippen LogP contribution in [0.2, 0.25) is 0 Å². The maximum atomic E-state index is 5.55. The summed E-state index contributed by atoms with van der Waals surface area (Å²) in [5, 5.41) is 4.03. The molecule has 3 heteroatoms. The molecule has 1 aromatic rings. The summed E-state index contributed by atoms with van der Waals surface area (Å²) in [6.45, 7) is 0.483. The van der Waals surface area contributed by atoms with Crippen LogP contribution in [0.25, 0.3) is 0 Å². The van der Waals surface area contributed by atoms with E-state index in [9.17, 15) is 0 Å². The van der Waals surface area contributed by atoms with E-state index in [-0.39, 0.29) is 0 Å². The van der Waals surface area contributed by atoms with Crippen molar-refractivity contribution in [2.24, 2.45) is 10.8 Å². The van der Waals surface area contributed by atoms with Gasteiger partial charge in [-0.25, -0.2) is 0 Å². The lowest BCUT2D eigenvalue weighted by Crippen LogP contribution is -2.11. The minimum atomic E-state index is 0.483. The zero-order chi connectivity index (χ0) is 9.10. The predicted octanol–water partition coefficient (Wildman–Crippen LogP) is 0.851. The van der Waals surface area contributed by atoms with Gasteiger partial charge in [-0.3, -0.25) is 0 Å². The fraction of sp³-hybridized carbons (Fsp3) is 0.100. The molecule has 1 aliphatic rings. The van der Waals surface area contributed by atoms with Gasteiger partial charge in [-0.1, -0.05) is 30.3 Å². The van der Waals surface area contributed by atoms with Gasteiger partial charge in [0, 0.05) is 17.7 Å². The first kappa shape index (κ1) is 8.01. The van der Waals surface area contributed by atoms with Crippen molar-refractivity contribution in [1.82, 2.24) is 5.43 Å². The lowest BCUT2D eigenvalue weighted by molar-refractivity contribution is 0.968. The van der Waals surface area contributed by atoms with Gasteiger partial charge in [0.2, 0.25) is 0 Å². The summed E-state index contributed by atoms with van der Waals surface area (Å²) < 4.78 is 0. The summed E-state index contributed by atoms with van der Waals surface area (Å²) in [4.78, 5) is 0. The van der Waals surface area contributed by atoms with Gasteiger partial charge in [-0.15, -0.1) is 0 Å².